The molecule has 11 heteroatoms. The number of likely N-dealkylation sites (N-methyl/N-ethyl adjacent to an activating group) is 1. The van der Waals surface area contributed by atoms with Crippen LogP contribution in [0.25, 0.3) is 0 Å². The molecule has 1 atom stereocenters. The van der Waals surface area contributed by atoms with Crippen LogP contribution in [0.4, 0.5) is 13.2 Å². The van der Waals surface area contributed by atoms with Gasteiger partial charge in [0, 0.05) is 18.5 Å². The Bertz CT molecular complexity index is 775. The summed E-state index contributed by atoms with van der Waals surface area (Å²) in [6.07, 6.45) is -3.14. The number of aromatic nitrogens is 3. The number of fused-ring (bicyclic) bond motifs is 1. The minimum Gasteiger partial charge on any atom is -0.475 e. The molecule has 1 unspecified atom stereocenters. The average Bonchev–Trinajstić information content (AvgIpc) is 3.18. The number of hydrogen-bond acceptors (Lipinski definition) is 6. The number of aryl methyl sites for hydroxylation is 1. The Labute approximate surface area is 158 Å². The monoisotopic (exact) mass is 406 g/mol. The number of carboxylic acid groups (broad SMARTS) is 1. The van der Waals surface area contributed by atoms with E-state index >= 15 is 0 Å². The Balaban J connectivity index is 0.000000321. The Morgan fingerprint density at radius 1 is 1.41 bits per heavy atom. The van der Waals surface area contributed by atoms with E-state index in [1.54, 1.807) is 11.3 Å². The first kappa shape index (κ1) is 21.3. The zero-order valence-electron chi connectivity index (χ0n) is 15.2. The summed E-state index contributed by atoms with van der Waals surface area (Å²) in [7, 11) is 2.14. The van der Waals surface area contributed by atoms with Crippen molar-refractivity contribution in [1.82, 2.24) is 19.4 Å². The molecular weight excluding hydrogens is 385 g/mol. The van der Waals surface area contributed by atoms with Crippen molar-refractivity contribution in [3.8, 4) is 0 Å². The molecule has 1 aliphatic rings. The van der Waals surface area contributed by atoms with Gasteiger partial charge in [-0.1, -0.05) is 0 Å². The van der Waals surface area contributed by atoms with Gasteiger partial charge < -0.3 is 14.4 Å². The maximum Gasteiger partial charge on any atom is 0.490 e. The normalized spacial score (nSPS) is 17.2. The molecule has 150 valence electrons. The van der Waals surface area contributed by atoms with E-state index in [4.69, 9.17) is 14.6 Å². The first-order valence-corrected chi connectivity index (χ1v) is 9.01. The fourth-order valence-electron chi connectivity index (χ4n) is 2.52. The van der Waals surface area contributed by atoms with E-state index in [1.807, 2.05) is 13.1 Å². The maximum absolute atomic E-state index is 10.6. The lowest BCUT2D eigenvalue weighted by atomic mass is 10.2. The third-order valence-electron chi connectivity index (χ3n) is 4.09. The number of rotatable bonds is 4. The van der Waals surface area contributed by atoms with Gasteiger partial charge in [-0.3, -0.25) is 4.90 Å². The zero-order chi connectivity index (χ0) is 20.2. The maximum atomic E-state index is 10.6. The fourth-order valence-corrected chi connectivity index (χ4v) is 3.11. The number of halogens is 3. The second-order valence-corrected chi connectivity index (χ2v) is 7.13. The van der Waals surface area contributed by atoms with Gasteiger partial charge in [0.2, 0.25) is 0 Å². The smallest absolute Gasteiger partial charge is 0.475 e. The molecule has 0 saturated heterocycles. The van der Waals surface area contributed by atoms with E-state index in [-0.39, 0.29) is 0 Å². The van der Waals surface area contributed by atoms with Gasteiger partial charge in [0.15, 0.2) is 0 Å². The number of ether oxygens (including phenoxy) is 1. The van der Waals surface area contributed by atoms with E-state index in [0.717, 1.165) is 35.3 Å². The molecule has 0 radical (unpaired) electrons. The number of carbonyl (C=O) groups is 1. The quantitative estimate of drug-likeness (QED) is 0.841. The van der Waals surface area contributed by atoms with Gasteiger partial charge in [0.05, 0.1) is 41.8 Å². The van der Waals surface area contributed by atoms with Gasteiger partial charge in [-0.05, 0) is 20.9 Å². The zero-order valence-corrected chi connectivity index (χ0v) is 16.0. The standard InChI is InChI=1S/C14H20N4OS.C2HF3O2/c1-10-14-15-6-13(18(14)5-4-17(10)3)8-19-7-12-9-20-11(2)16-12;3-2(4,5)1(6)7/h6,9-10H,4-5,7-8H2,1-3H3;(H,6,7). The van der Waals surface area contributed by atoms with Crippen LogP contribution in [-0.4, -0.2) is 50.3 Å². The molecule has 0 spiro atoms. The number of carboxylic acids is 1. The Kier molecular flexibility index (Phi) is 6.95. The summed E-state index contributed by atoms with van der Waals surface area (Å²) < 4.78 is 39.8. The van der Waals surface area contributed by atoms with Crippen molar-refractivity contribution >= 4 is 17.3 Å². The molecule has 1 N–H and O–H groups in total. The molecule has 0 amide bonds. The predicted octanol–water partition coefficient (Wildman–Crippen LogP) is 3.00. The highest BCUT2D eigenvalue weighted by Gasteiger charge is 2.38. The first-order chi connectivity index (χ1) is 12.6. The Morgan fingerprint density at radius 2 is 2.07 bits per heavy atom. The van der Waals surface area contributed by atoms with Crippen molar-refractivity contribution in [2.75, 3.05) is 13.6 Å². The van der Waals surface area contributed by atoms with Gasteiger partial charge in [-0.2, -0.15) is 13.2 Å². The summed E-state index contributed by atoms with van der Waals surface area (Å²) in [5.41, 5.74) is 2.17. The Morgan fingerprint density at radius 3 is 2.63 bits per heavy atom. The SMILES string of the molecule is Cc1nc(COCc2cnc3n2CCN(C)C3C)cs1.O=C(O)C(F)(F)F. The third-order valence-corrected chi connectivity index (χ3v) is 4.91. The van der Waals surface area contributed by atoms with Gasteiger partial charge >= 0.3 is 12.1 Å². The van der Waals surface area contributed by atoms with Crippen LogP contribution >= 0.6 is 11.3 Å². The lowest BCUT2D eigenvalue weighted by Crippen LogP contribution is -2.34. The number of imidazole rings is 1. The van der Waals surface area contributed by atoms with Crippen LogP contribution < -0.4 is 0 Å². The second-order valence-electron chi connectivity index (χ2n) is 6.07. The highest BCUT2D eigenvalue weighted by molar-refractivity contribution is 7.09. The molecule has 7 nitrogen and oxygen atoms in total. The van der Waals surface area contributed by atoms with Crippen LogP contribution in [-0.2, 0) is 29.3 Å². The number of nitrogens with zero attached hydrogens (tertiary/aromatic N) is 4. The van der Waals surface area contributed by atoms with Crippen molar-refractivity contribution in [3.63, 3.8) is 0 Å². The molecule has 0 bridgehead atoms. The lowest BCUT2D eigenvalue weighted by molar-refractivity contribution is -0.192. The highest BCUT2D eigenvalue weighted by atomic mass is 32.1. The van der Waals surface area contributed by atoms with Gasteiger partial charge in [0.1, 0.15) is 5.82 Å². The molecular formula is C16H21F3N4O3S. The van der Waals surface area contributed by atoms with Gasteiger partial charge in [-0.15, -0.1) is 11.3 Å². The molecule has 0 saturated carbocycles. The number of thiazole rings is 1. The molecule has 0 fully saturated rings. The summed E-state index contributed by atoms with van der Waals surface area (Å²) in [6, 6.07) is 0.374. The summed E-state index contributed by atoms with van der Waals surface area (Å²) in [5, 5.41) is 10.3. The van der Waals surface area contributed by atoms with Crippen molar-refractivity contribution in [3.05, 3.63) is 33.8 Å². The van der Waals surface area contributed by atoms with Crippen molar-refractivity contribution < 1.29 is 27.8 Å². The molecule has 2 aromatic heterocycles. The molecule has 27 heavy (non-hydrogen) atoms. The van der Waals surface area contributed by atoms with Crippen LogP contribution in [0.5, 0.6) is 0 Å². The molecule has 0 aliphatic carbocycles. The number of alkyl halides is 3. The molecule has 3 heterocycles. The van der Waals surface area contributed by atoms with Gasteiger partial charge in [0.25, 0.3) is 0 Å². The van der Waals surface area contributed by atoms with Crippen molar-refractivity contribution in [2.45, 2.75) is 45.8 Å². The van der Waals surface area contributed by atoms with Crippen molar-refractivity contribution in [1.29, 1.82) is 0 Å². The molecule has 2 aromatic rings. The molecule has 0 aromatic carbocycles. The summed E-state index contributed by atoms with van der Waals surface area (Å²) >= 11 is 1.66. The van der Waals surface area contributed by atoms with E-state index in [0.29, 0.717) is 19.3 Å². The lowest BCUT2D eigenvalue weighted by Gasteiger charge is -2.31. The Hall–Kier alpha value is -1.98. The van der Waals surface area contributed by atoms with Crippen LogP contribution in [0.15, 0.2) is 11.6 Å². The van der Waals surface area contributed by atoms with E-state index < -0.39 is 12.1 Å². The fraction of sp³-hybridized carbons (Fsp3) is 0.562. The number of hydrogen-bond donors (Lipinski definition) is 1. The summed E-state index contributed by atoms with van der Waals surface area (Å²) in [6.45, 7) is 7.42. The van der Waals surface area contributed by atoms with Crippen LogP contribution in [0.2, 0.25) is 0 Å². The minimum atomic E-state index is -5.08. The first-order valence-electron chi connectivity index (χ1n) is 8.13. The summed E-state index contributed by atoms with van der Waals surface area (Å²) in [5.74, 6) is -1.62. The van der Waals surface area contributed by atoms with Crippen LogP contribution in [0.3, 0.4) is 0 Å². The largest absolute Gasteiger partial charge is 0.490 e. The van der Waals surface area contributed by atoms with E-state index in [1.165, 1.54) is 0 Å². The van der Waals surface area contributed by atoms with Crippen LogP contribution in [0.1, 0.15) is 35.2 Å². The molecule has 3 rings (SSSR count). The highest BCUT2D eigenvalue weighted by Crippen LogP contribution is 2.24. The number of aliphatic carboxylic acids is 1. The van der Waals surface area contributed by atoms with Crippen LogP contribution in [0, 0.1) is 6.92 Å². The average molecular weight is 406 g/mol. The second kappa shape index (κ2) is 8.81. The van der Waals surface area contributed by atoms with Gasteiger partial charge in [-0.25, -0.2) is 14.8 Å². The third kappa shape index (κ3) is 5.75. The predicted molar refractivity (Wildman–Crippen MR) is 92.3 cm³/mol. The summed E-state index contributed by atoms with van der Waals surface area (Å²) in [4.78, 5) is 20.2. The van der Waals surface area contributed by atoms with Crippen molar-refractivity contribution in [2.24, 2.45) is 0 Å². The topological polar surface area (TPSA) is 80.5 Å². The minimum absolute atomic E-state index is 0.374. The van der Waals surface area contributed by atoms with E-state index in [9.17, 15) is 13.2 Å². The van der Waals surface area contributed by atoms with E-state index in [2.05, 4.69) is 38.8 Å². The molecule has 1 aliphatic heterocycles.